The van der Waals surface area contributed by atoms with E-state index in [9.17, 15) is 19.1 Å². The van der Waals surface area contributed by atoms with Crippen LogP contribution in [0, 0.1) is 11.7 Å². The number of aliphatic hydroxyl groups is 1. The fraction of sp³-hybridized carbons (Fsp3) is 0.556. The van der Waals surface area contributed by atoms with Gasteiger partial charge in [0.25, 0.3) is 0 Å². The predicted octanol–water partition coefficient (Wildman–Crippen LogP) is 0.750. The van der Waals surface area contributed by atoms with Crippen LogP contribution in [-0.2, 0) is 9.59 Å². The van der Waals surface area contributed by atoms with Crippen LogP contribution in [0.4, 0.5) is 10.1 Å². The van der Waals surface area contributed by atoms with Crippen molar-refractivity contribution < 1.29 is 19.1 Å². The molecule has 2 N–H and O–H groups in total. The second kappa shape index (κ2) is 7.39. The Balaban J connectivity index is 1.50. The van der Waals surface area contributed by atoms with Gasteiger partial charge in [0.1, 0.15) is 11.9 Å². The maximum atomic E-state index is 13.0. The van der Waals surface area contributed by atoms with Gasteiger partial charge in [0, 0.05) is 45.2 Å². The van der Waals surface area contributed by atoms with Gasteiger partial charge in [-0.1, -0.05) is 0 Å². The maximum Gasteiger partial charge on any atom is 0.242 e. The van der Waals surface area contributed by atoms with Gasteiger partial charge in [0.2, 0.25) is 11.8 Å². The Bertz CT molecular complexity index is 637. The molecule has 2 saturated heterocycles. The Morgan fingerprint density at radius 1 is 1.28 bits per heavy atom. The van der Waals surface area contributed by atoms with Crippen molar-refractivity contribution in [3.8, 4) is 0 Å². The molecule has 3 rings (SSSR count). The molecule has 1 aromatic rings. The molecule has 0 aliphatic carbocycles. The third kappa shape index (κ3) is 4.10. The lowest BCUT2D eigenvalue weighted by Gasteiger charge is -2.23. The van der Waals surface area contributed by atoms with Crippen molar-refractivity contribution in [1.29, 1.82) is 0 Å². The van der Waals surface area contributed by atoms with Crippen molar-refractivity contribution in [3.63, 3.8) is 0 Å². The summed E-state index contributed by atoms with van der Waals surface area (Å²) >= 11 is 0. The van der Waals surface area contributed by atoms with Gasteiger partial charge in [-0.05, 0) is 36.6 Å². The minimum Gasteiger partial charge on any atom is -0.391 e. The number of benzene rings is 1. The average Bonchev–Trinajstić information content (AvgIpc) is 3.20. The van der Waals surface area contributed by atoms with E-state index in [1.165, 1.54) is 24.0 Å². The Hall–Kier alpha value is -2.15. The van der Waals surface area contributed by atoms with Crippen molar-refractivity contribution in [3.05, 3.63) is 30.1 Å². The van der Waals surface area contributed by atoms with Crippen LogP contribution in [0.3, 0.4) is 0 Å². The first kappa shape index (κ1) is 17.7. The number of nitrogens with zero attached hydrogens (tertiary/aromatic N) is 2. The minimum atomic E-state index is -0.639. The molecule has 7 heteroatoms. The van der Waals surface area contributed by atoms with Crippen molar-refractivity contribution in [2.24, 2.45) is 5.92 Å². The molecule has 136 valence electrons. The van der Waals surface area contributed by atoms with Gasteiger partial charge in [-0.25, -0.2) is 4.39 Å². The Morgan fingerprint density at radius 2 is 2.00 bits per heavy atom. The molecule has 2 heterocycles. The van der Waals surface area contributed by atoms with E-state index in [1.54, 1.807) is 12.1 Å². The lowest BCUT2D eigenvalue weighted by molar-refractivity contribution is -0.137. The van der Waals surface area contributed by atoms with Gasteiger partial charge in [-0.3, -0.25) is 9.59 Å². The number of aliphatic hydroxyl groups excluding tert-OH is 1. The highest BCUT2D eigenvalue weighted by Gasteiger charge is 2.37. The largest absolute Gasteiger partial charge is 0.391 e. The second-order valence-corrected chi connectivity index (χ2v) is 6.90. The number of carbonyl (C=O) groups excluding carboxylic acids is 2. The molecule has 0 bridgehead atoms. The number of halogens is 1. The topological polar surface area (TPSA) is 72.9 Å². The summed E-state index contributed by atoms with van der Waals surface area (Å²) in [6, 6.07) is 5.85. The molecule has 0 spiro atoms. The summed E-state index contributed by atoms with van der Waals surface area (Å²) < 4.78 is 13.0. The van der Waals surface area contributed by atoms with Crippen LogP contribution < -0.4 is 10.2 Å². The smallest absolute Gasteiger partial charge is 0.242 e. The first-order valence-corrected chi connectivity index (χ1v) is 8.67. The van der Waals surface area contributed by atoms with Crippen LogP contribution >= 0.6 is 0 Å². The third-order valence-corrected chi connectivity index (χ3v) is 5.03. The highest BCUT2D eigenvalue weighted by atomic mass is 19.1. The first-order chi connectivity index (χ1) is 11.9. The Morgan fingerprint density at radius 3 is 2.68 bits per heavy atom. The number of nitrogens with one attached hydrogen (secondary N) is 1. The summed E-state index contributed by atoms with van der Waals surface area (Å²) in [6.45, 7) is 3.84. The van der Waals surface area contributed by atoms with Gasteiger partial charge >= 0.3 is 0 Å². The van der Waals surface area contributed by atoms with E-state index in [2.05, 4.69) is 10.2 Å². The van der Waals surface area contributed by atoms with Gasteiger partial charge in [0.05, 0.1) is 6.10 Å². The number of amides is 2. The number of β-amino-alcohol motifs (C(OH)–C–C–N with tert-alkyl or cyclic N) is 1. The molecule has 0 saturated carbocycles. The van der Waals surface area contributed by atoms with E-state index >= 15 is 0 Å². The standard InChI is InChI=1S/C18H24FN3O3/c1-12(23)22-11-16(24)8-17(22)18(25)20-9-13-6-7-21(10-13)15-4-2-14(19)3-5-15/h2-5,13,16-17,24H,6-11H2,1H3,(H,20,25)/t13?,16-,17-/m1/s1. The molecular weight excluding hydrogens is 325 g/mol. The quantitative estimate of drug-likeness (QED) is 0.841. The molecule has 0 aromatic heterocycles. The summed E-state index contributed by atoms with van der Waals surface area (Å²) in [5.41, 5.74) is 0.983. The predicted molar refractivity (Wildman–Crippen MR) is 91.5 cm³/mol. The van der Waals surface area contributed by atoms with Crippen LogP contribution in [0.5, 0.6) is 0 Å². The number of carbonyl (C=O) groups is 2. The van der Waals surface area contributed by atoms with Gasteiger partial charge in [-0.15, -0.1) is 0 Å². The number of hydrogen-bond acceptors (Lipinski definition) is 4. The average molecular weight is 349 g/mol. The van der Waals surface area contributed by atoms with E-state index in [1.807, 2.05) is 0 Å². The number of anilines is 1. The van der Waals surface area contributed by atoms with E-state index in [0.717, 1.165) is 25.2 Å². The fourth-order valence-corrected chi connectivity index (χ4v) is 3.66. The minimum absolute atomic E-state index is 0.194. The van der Waals surface area contributed by atoms with Gasteiger partial charge in [0.15, 0.2) is 0 Å². The van der Waals surface area contributed by atoms with Gasteiger partial charge in [-0.2, -0.15) is 0 Å². The first-order valence-electron chi connectivity index (χ1n) is 8.67. The summed E-state index contributed by atoms with van der Waals surface area (Å²) in [5, 5.41) is 12.6. The van der Waals surface area contributed by atoms with E-state index < -0.39 is 12.1 Å². The molecule has 25 heavy (non-hydrogen) atoms. The summed E-state index contributed by atoms with van der Waals surface area (Å²) in [4.78, 5) is 27.6. The SMILES string of the molecule is CC(=O)N1C[C@H](O)C[C@@H]1C(=O)NCC1CCN(c2ccc(F)cc2)C1. The van der Waals surface area contributed by atoms with Crippen LogP contribution in [0.1, 0.15) is 19.8 Å². The Kier molecular flexibility index (Phi) is 5.22. The zero-order chi connectivity index (χ0) is 18.0. The summed E-state index contributed by atoms with van der Waals surface area (Å²) in [7, 11) is 0. The molecule has 2 amide bonds. The third-order valence-electron chi connectivity index (χ3n) is 5.03. The molecule has 6 nitrogen and oxygen atoms in total. The molecule has 2 aliphatic heterocycles. The fourth-order valence-electron chi connectivity index (χ4n) is 3.66. The van der Waals surface area contributed by atoms with E-state index in [4.69, 9.17) is 0 Å². The van der Waals surface area contributed by atoms with Crippen LogP contribution in [0.25, 0.3) is 0 Å². The van der Waals surface area contributed by atoms with E-state index in [0.29, 0.717) is 12.5 Å². The van der Waals surface area contributed by atoms with Crippen molar-refractivity contribution in [2.75, 3.05) is 31.1 Å². The number of hydrogen-bond donors (Lipinski definition) is 2. The molecular formula is C18H24FN3O3. The molecule has 2 fully saturated rings. The zero-order valence-corrected chi connectivity index (χ0v) is 14.3. The lowest BCUT2D eigenvalue weighted by atomic mass is 10.1. The van der Waals surface area contributed by atoms with E-state index in [-0.39, 0.29) is 30.6 Å². The highest BCUT2D eigenvalue weighted by molar-refractivity contribution is 5.87. The molecule has 3 atom stereocenters. The summed E-state index contributed by atoms with van der Waals surface area (Å²) in [5.74, 6) is -0.335. The highest BCUT2D eigenvalue weighted by Crippen LogP contribution is 2.24. The second-order valence-electron chi connectivity index (χ2n) is 6.90. The Labute approximate surface area is 146 Å². The molecule has 1 unspecified atom stereocenters. The van der Waals surface area contributed by atoms with Crippen LogP contribution in [0.2, 0.25) is 0 Å². The van der Waals surface area contributed by atoms with Crippen molar-refractivity contribution in [1.82, 2.24) is 10.2 Å². The normalized spacial score (nSPS) is 26.1. The van der Waals surface area contributed by atoms with Crippen LogP contribution in [0.15, 0.2) is 24.3 Å². The van der Waals surface area contributed by atoms with Crippen molar-refractivity contribution in [2.45, 2.75) is 31.9 Å². The zero-order valence-electron chi connectivity index (χ0n) is 14.3. The monoisotopic (exact) mass is 349 g/mol. The van der Waals surface area contributed by atoms with Crippen LogP contribution in [-0.4, -0.2) is 60.1 Å². The maximum absolute atomic E-state index is 13.0. The molecule has 1 aromatic carbocycles. The summed E-state index contributed by atoms with van der Waals surface area (Å²) in [6.07, 6.45) is 0.596. The molecule has 2 aliphatic rings. The van der Waals surface area contributed by atoms with Gasteiger partial charge < -0.3 is 20.2 Å². The molecule has 0 radical (unpaired) electrons. The van der Waals surface area contributed by atoms with Crippen molar-refractivity contribution >= 4 is 17.5 Å². The number of likely N-dealkylation sites (tertiary alicyclic amines) is 1. The lowest BCUT2D eigenvalue weighted by Crippen LogP contribution is -2.46. The number of rotatable bonds is 4.